The zero-order valence-corrected chi connectivity index (χ0v) is 11.3. The van der Waals surface area contributed by atoms with Gasteiger partial charge in [-0.2, -0.15) is 0 Å². The molecule has 1 aliphatic rings. The molecule has 1 aromatic heterocycles. The molecule has 2 heterocycles. The van der Waals surface area contributed by atoms with Gasteiger partial charge in [-0.05, 0) is 32.4 Å². The third kappa shape index (κ3) is 2.49. The van der Waals surface area contributed by atoms with Crippen LogP contribution in [0.3, 0.4) is 0 Å². The van der Waals surface area contributed by atoms with Crippen LogP contribution < -0.4 is 5.32 Å². The smallest absolute Gasteiger partial charge is 0.207 e. The van der Waals surface area contributed by atoms with Crippen LogP contribution in [0.1, 0.15) is 25.1 Å². The van der Waals surface area contributed by atoms with Gasteiger partial charge in [0.1, 0.15) is 0 Å². The van der Waals surface area contributed by atoms with Gasteiger partial charge in [-0.3, -0.25) is 0 Å². The summed E-state index contributed by atoms with van der Waals surface area (Å²) in [6, 6.07) is 10.5. The lowest BCUT2D eigenvalue weighted by molar-refractivity contribution is 0.108. The lowest BCUT2D eigenvalue weighted by Crippen LogP contribution is -2.17. The standard InChI is InChI=1S/C15H19N3O/c1-11-10-18(14-8-9-19-12(14)2)15(16-11)17-13-6-4-3-5-7-13/h3-7,10,12,14H,8-9H2,1-2H3,(H,16,17). The van der Waals surface area contributed by atoms with E-state index in [0.717, 1.165) is 30.4 Å². The summed E-state index contributed by atoms with van der Waals surface area (Å²) in [5, 5.41) is 3.39. The van der Waals surface area contributed by atoms with Crippen LogP contribution in [0, 0.1) is 6.92 Å². The third-order valence-electron chi connectivity index (χ3n) is 3.58. The number of nitrogens with zero attached hydrogens (tertiary/aromatic N) is 2. The Morgan fingerprint density at radius 3 is 2.79 bits per heavy atom. The molecule has 3 rings (SSSR count). The number of imidazole rings is 1. The fraction of sp³-hybridized carbons (Fsp3) is 0.400. The number of benzene rings is 1. The highest BCUT2D eigenvalue weighted by atomic mass is 16.5. The number of ether oxygens (including phenoxy) is 1. The van der Waals surface area contributed by atoms with Gasteiger partial charge in [0.05, 0.1) is 17.8 Å². The molecular weight excluding hydrogens is 238 g/mol. The minimum Gasteiger partial charge on any atom is -0.376 e. The molecule has 0 bridgehead atoms. The van der Waals surface area contributed by atoms with E-state index in [-0.39, 0.29) is 6.10 Å². The van der Waals surface area contributed by atoms with Crippen molar-refractivity contribution >= 4 is 11.6 Å². The maximum atomic E-state index is 5.66. The normalized spacial score (nSPS) is 22.6. The topological polar surface area (TPSA) is 39.1 Å². The van der Waals surface area contributed by atoms with Crippen LogP contribution in [0.15, 0.2) is 36.5 Å². The SMILES string of the molecule is Cc1cn(C2CCOC2C)c(Nc2ccccc2)n1. The molecule has 0 radical (unpaired) electrons. The number of rotatable bonds is 3. The number of aryl methyl sites for hydroxylation is 1. The molecule has 1 fully saturated rings. The molecule has 1 aromatic carbocycles. The first-order valence-electron chi connectivity index (χ1n) is 6.73. The van der Waals surface area contributed by atoms with Crippen molar-refractivity contribution in [1.29, 1.82) is 0 Å². The van der Waals surface area contributed by atoms with E-state index < -0.39 is 0 Å². The van der Waals surface area contributed by atoms with E-state index in [1.807, 2.05) is 37.3 Å². The molecule has 1 saturated heterocycles. The molecule has 19 heavy (non-hydrogen) atoms. The van der Waals surface area contributed by atoms with Crippen LogP contribution in [0.5, 0.6) is 0 Å². The maximum Gasteiger partial charge on any atom is 0.207 e. The summed E-state index contributed by atoms with van der Waals surface area (Å²) < 4.78 is 7.87. The first-order chi connectivity index (χ1) is 9.24. The highest BCUT2D eigenvalue weighted by molar-refractivity contribution is 5.53. The number of hydrogen-bond donors (Lipinski definition) is 1. The number of nitrogens with one attached hydrogen (secondary N) is 1. The lowest BCUT2D eigenvalue weighted by Gasteiger charge is -2.18. The van der Waals surface area contributed by atoms with Crippen LogP contribution in [-0.2, 0) is 4.74 Å². The van der Waals surface area contributed by atoms with Crippen molar-refractivity contribution in [3.05, 3.63) is 42.2 Å². The van der Waals surface area contributed by atoms with Crippen LogP contribution in [-0.4, -0.2) is 22.3 Å². The van der Waals surface area contributed by atoms with Gasteiger partial charge >= 0.3 is 0 Å². The molecule has 0 aliphatic carbocycles. The summed E-state index contributed by atoms with van der Waals surface area (Å²) in [6.07, 6.45) is 3.38. The van der Waals surface area contributed by atoms with Crippen molar-refractivity contribution in [2.45, 2.75) is 32.4 Å². The van der Waals surface area contributed by atoms with Crippen LogP contribution in [0.25, 0.3) is 0 Å². The number of para-hydroxylation sites is 1. The first-order valence-corrected chi connectivity index (χ1v) is 6.73. The molecule has 0 amide bonds. The van der Waals surface area contributed by atoms with Gasteiger partial charge in [-0.15, -0.1) is 0 Å². The van der Waals surface area contributed by atoms with Gasteiger partial charge in [0, 0.05) is 18.5 Å². The Hall–Kier alpha value is -1.81. The Morgan fingerprint density at radius 1 is 1.32 bits per heavy atom. The quantitative estimate of drug-likeness (QED) is 0.917. The van der Waals surface area contributed by atoms with Crippen molar-refractivity contribution in [3.8, 4) is 0 Å². The molecule has 2 unspecified atom stereocenters. The number of anilines is 2. The second kappa shape index (κ2) is 5.05. The number of hydrogen-bond acceptors (Lipinski definition) is 3. The fourth-order valence-corrected chi connectivity index (χ4v) is 2.60. The summed E-state index contributed by atoms with van der Waals surface area (Å²) in [6.45, 7) is 4.97. The largest absolute Gasteiger partial charge is 0.376 e. The summed E-state index contributed by atoms with van der Waals surface area (Å²) in [5.74, 6) is 0.894. The highest BCUT2D eigenvalue weighted by Gasteiger charge is 2.27. The van der Waals surface area contributed by atoms with Gasteiger partial charge < -0.3 is 14.6 Å². The second-order valence-corrected chi connectivity index (χ2v) is 5.04. The molecule has 100 valence electrons. The average molecular weight is 257 g/mol. The molecule has 4 heteroatoms. The predicted molar refractivity (Wildman–Crippen MR) is 75.8 cm³/mol. The van der Waals surface area contributed by atoms with E-state index in [1.165, 1.54) is 0 Å². The minimum atomic E-state index is 0.241. The van der Waals surface area contributed by atoms with Crippen LogP contribution in [0.4, 0.5) is 11.6 Å². The van der Waals surface area contributed by atoms with Gasteiger partial charge in [0.15, 0.2) is 0 Å². The second-order valence-electron chi connectivity index (χ2n) is 5.04. The highest BCUT2D eigenvalue weighted by Crippen LogP contribution is 2.30. The van der Waals surface area contributed by atoms with E-state index in [2.05, 4.69) is 28.0 Å². The number of aromatic nitrogens is 2. The minimum absolute atomic E-state index is 0.241. The van der Waals surface area contributed by atoms with Crippen LogP contribution >= 0.6 is 0 Å². The van der Waals surface area contributed by atoms with Crippen molar-refractivity contribution in [2.75, 3.05) is 11.9 Å². The third-order valence-corrected chi connectivity index (χ3v) is 3.58. The first kappa shape index (κ1) is 12.2. The van der Waals surface area contributed by atoms with Crippen molar-refractivity contribution in [3.63, 3.8) is 0 Å². The zero-order valence-electron chi connectivity index (χ0n) is 11.3. The molecule has 4 nitrogen and oxygen atoms in total. The molecule has 2 atom stereocenters. The van der Waals surface area contributed by atoms with Crippen molar-refractivity contribution in [2.24, 2.45) is 0 Å². The van der Waals surface area contributed by atoms with E-state index in [4.69, 9.17) is 4.74 Å². The van der Waals surface area contributed by atoms with E-state index in [0.29, 0.717) is 6.04 Å². The van der Waals surface area contributed by atoms with E-state index in [1.54, 1.807) is 0 Å². The predicted octanol–water partition coefficient (Wildman–Crippen LogP) is 3.29. The van der Waals surface area contributed by atoms with E-state index >= 15 is 0 Å². The summed E-state index contributed by atoms with van der Waals surface area (Å²) >= 11 is 0. The Balaban J connectivity index is 1.89. The Labute approximate surface area is 113 Å². The molecule has 2 aromatic rings. The fourth-order valence-electron chi connectivity index (χ4n) is 2.60. The molecule has 1 N–H and O–H groups in total. The molecule has 0 spiro atoms. The average Bonchev–Trinajstić information content (AvgIpc) is 2.97. The molecule has 0 saturated carbocycles. The van der Waals surface area contributed by atoms with E-state index in [9.17, 15) is 0 Å². The van der Waals surface area contributed by atoms with Gasteiger partial charge in [-0.25, -0.2) is 4.98 Å². The van der Waals surface area contributed by atoms with Crippen LogP contribution in [0.2, 0.25) is 0 Å². The Bertz CT molecular complexity index is 550. The molecular formula is C15H19N3O. The summed E-state index contributed by atoms with van der Waals surface area (Å²) in [4.78, 5) is 4.58. The van der Waals surface area contributed by atoms with Crippen molar-refractivity contribution < 1.29 is 4.74 Å². The van der Waals surface area contributed by atoms with Crippen molar-refractivity contribution in [1.82, 2.24) is 9.55 Å². The summed E-state index contributed by atoms with van der Waals surface area (Å²) in [7, 11) is 0. The zero-order chi connectivity index (χ0) is 13.2. The molecule has 1 aliphatic heterocycles. The Morgan fingerprint density at radius 2 is 2.11 bits per heavy atom. The van der Waals surface area contributed by atoms with Gasteiger partial charge in [0.2, 0.25) is 5.95 Å². The van der Waals surface area contributed by atoms with Gasteiger partial charge in [-0.1, -0.05) is 18.2 Å². The lowest BCUT2D eigenvalue weighted by atomic mass is 10.1. The Kier molecular flexibility index (Phi) is 3.25. The monoisotopic (exact) mass is 257 g/mol. The van der Waals surface area contributed by atoms with Gasteiger partial charge in [0.25, 0.3) is 0 Å². The summed E-state index contributed by atoms with van der Waals surface area (Å²) in [5.41, 5.74) is 2.08. The maximum absolute atomic E-state index is 5.66.